The monoisotopic (exact) mass is 221 g/mol. The van der Waals surface area contributed by atoms with Crippen LogP contribution in [-0.2, 0) is 4.74 Å². The Bertz CT molecular complexity index is 372. The smallest absolute Gasteiger partial charge is 0.176 e. The van der Waals surface area contributed by atoms with E-state index >= 15 is 0 Å². The highest BCUT2D eigenvalue weighted by Gasteiger charge is 2.15. The molecule has 0 saturated carbocycles. The molecule has 4 nitrogen and oxygen atoms in total. The molecule has 86 valence electrons. The van der Waals surface area contributed by atoms with Gasteiger partial charge in [0.25, 0.3) is 0 Å². The van der Waals surface area contributed by atoms with Gasteiger partial charge in [-0.05, 0) is 12.1 Å². The predicted octanol–water partition coefficient (Wildman–Crippen LogP) is 0.907. The zero-order valence-corrected chi connectivity index (χ0v) is 9.06. The molecule has 16 heavy (non-hydrogen) atoms. The minimum absolute atomic E-state index is 0.0396. The molecular weight excluding hydrogens is 206 g/mol. The first-order valence-corrected chi connectivity index (χ1v) is 5.38. The van der Waals surface area contributed by atoms with Gasteiger partial charge >= 0.3 is 0 Å². The van der Waals surface area contributed by atoms with Gasteiger partial charge < -0.3 is 9.84 Å². The Hall–Kier alpha value is -1.39. The molecular formula is C12H15NO3. The fraction of sp³-hybridized carbons (Fsp3) is 0.417. The second kappa shape index (κ2) is 5.09. The van der Waals surface area contributed by atoms with Crippen molar-refractivity contribution < 1.29 is 14.6 Å². The number of nitrogens with zero attached hydrogens (tertiary/aromatic N) is 1. The van der Waals surface area contributed by atoms with Crippen LogP contribution in [-0.4, -0.2) is 48.6 Å². The van der Waals surface area contributed by atoms with Gasteiger partial charge in [0.15, 0.2) is 5.78 Å². The number of aromatic hydroxyl groups is 1. The number of ether oxygens (including phenoxy) is 1. The van der Waals surface area contributed by atoms with Crippen molar-refractivity contribution in [1.29, 1.82) is 0 Å². The van der Waals surface area contributed by atoms with Crippen LogP contribution >= 0.6 is 0 Å². The summed E-state index contributed by atoms with van der Waals surface area (Å²) in [6.07, 6.45) is 0. The van der Waals surface area contributed by atoms with Crippen LogP contribution < -0.4 is 0 Å². The fourth-order valence-electron chi connectivity index (χ4n) is 1.73. The molecule has 1 aliphatic rings. The lowest BCUT2D eigenvalue weighted by Gasteiger charge is -2.25. The van der Waals surface area contributed by atoms with Gasteiger partial charge in [-0.3, -0.25) is 9.69 Å². The largest absolute Gasteiger partial charge is 0.508 e. The summed E-state index contributed by atoms with van der Waals surface area (Å²) in [7, 11) is 0. The van der Waals surface area contributed by atoms with Crippen molar-refractivity contribution in [3.05, 3.63) is 29.8 Å². The first-order chi connectivity index (χ1) is 7.75. The number of rotatable bonds is 3. The van der Waals surface area contributed by atoms with E-state index in [0.29, 0.717) is 25.3 Å². The molecule has 1 saturated heterocycles. The summed E-state index contributed by atoms with van der Waals surface area (Å²) in [5.41, 5.74) is 0.562. The third-order valence-electron chi connectivity index (χ3n) is 2.64. The number of carbonyl (C=O) groups is 1. The molecule has 0 aliphatic carbocycles. The summed E-state index contributed by atoms with van der Waals surface area (Å²) in [5.74, 6) is 0.172. The Morgan fingerprint density at radius 1 is 1.38 bits per heavy atom. The van der Waals surface area contributed by atoms with Crippen LogP contribution in [0.25, 0.3) is 0 Å². The molecule has 0 spiro atoms. The normalized spacial score (nSPS) is 17.2. The number of benzene rings is 1. The van der Waals surface area contributed by atoms with Crippen molar-refractivity contribution in [3.63, 3.8) is 0 Å². The third-order valence-corrected chi connectivity index (χ3v) is 2.64. The maximum absolute atomic E-state index is 11.9. The highest BCUT2D eigenvalue weighted by Crippen LogP contribution is 2.12. The van der Waals surface area contributed by atoms with Crippen molar-refractivity contribution >= 4 is 5.78 Å². The summed E-state index contributed by atoms with van der Waals surface area (Å²) in [6.45, 7) is 3.36. The van der Waals surface area contributed by atoms with E-state index in [0.717, 1.165) is 13.1 Å². The van der Waals surface area contributed by atoms with Gasteiger partial charge in [0, 0.05) is 18.7 Å². The number of hydrogen-bond acceptors (Lipinski definition) is 4. The van der Waals surface area contributed by atoms with Crippen molar-refractivity contribution in [2.24, 2.45) is 0 Å². The van der Waals surface area contributed by atoms with Crippen LogP contribution in [0.3, 0.4) is 0 Å². The Morgan fingerprint density at radius 2 is 2.12 bits per heavy atom. The molecule has 1 N–H and O–H groups in total. The highest BCUT2D eigenvalue weighted by molar-refractivity contribution is 5.97. The summed E-state index contributed by atoms with van der Waals surface area (Å²) >= 11 is 0. The molecule has 0 radical (unpaired) electrons. The van der Waals surface area contributed by atoms with Gasteiger partial charge in [-0.25, -0.2) is 0 Å². The molecule has 0 unspecified atom stereocenters. The number of morpholine rings is 1. The number of carbonyl (C=O) groups excluding carboxylic acids is 1. The van der Waals surface area contributed by atoms with Crippen molar-refractivity contribution in [3.8, 4) is 5.75 Å². The van der Waals surface area contributed by atoms with E-state index in [9.17, 15) is 9.90 Å². The lowest BCUT2D eigenvalue weighted by atomic mass is 10.1. The predicted molar refractivity (Wildman–Crippen MR) is 59.7 cm³/mol. The van der Waals surface area contributed by atoms with Gasteiger partial charge in [-0.2, -0.15) is 0 Å². The van der Waals surface area contributed by atoms with Crippen LogP contribution in [0.5, 0.6) is 5.75 Å². The lowest BCUT2D eigenvalue weighted by Crippen LogP contribution is -2.39. The van der Waals surface area contributed by atoms with E-state index in [2.05, 4.69) is 4.90 Å². The number of Topliss-reactive ketones (excluding diaryl/α,β-unsaturated/α-hetero) is 1. The molecule has 1 fully saturated rings. The van der Waals surface area contributed by atoms with Crippen molar-refractivity contribution in [1.82, 2.24) is 4.90 Å². The molecule has 1 heterocycles. The van der Waals surface area contributed by atoms with E-state index in [-0.39, 0.29) is 11.5 Å². The number of hydrogen-bond donors (Lipinski definition) is 1. The van der Waals surface area contributed by atoms with Crippen molar-refractivity contribution in [2.75, 3.05) is 32.8 Å². The Labute approximate surface area is 94.4 Å². The minimum atomic E-state index is 0.0396. The molecule has 0 amide bonds. The second-order valence-electron chi connectivity index (χ2n) is 3.86. The summed E-state index contributed by atoms with van der Waals surface area (Å²) < 4.78 is 5.21. The van der Waals surface area contributed by atoms with Crippen LogP contribution in [0.1, 0.15) is 10.4 Å². The van der Waals surface area contributed by atoms with Gasteiger partial charge in [-0.15, -0.1) is 0 Å². The van der Waals surface area contributed by atoms with Crippen LogP contribution in [0.2, 0.25) is 0 Å². The first-order valence-electron chi connectivity index (χ1n) is 5.38. The minimum Gasteiger partial charge on any atom is -0.508 e. The first kappa shape index (κ1) is 11.1. The van der Waals surface area contributed by atoms with E-state index < -0.39 is 0 Å². The maximum Gasteiger partial charge on any atom is 0.176 e. The highest BCUT2D eigenvalue weighted by atomic mass is 16.5. The van der Waals surface area contributed by atoms with Crippen LogP contribution in [0.15, 0.2) is 24.3 Å². The third kappa shape index (κ3) is 2.81. The molecule has 1 aromatic rings. The van der Waals surface area contributed by atoms with Gasteiger partial charge in [0.05, 0.1) is 19.8 Å². The quantitative estimate of drug-likeness (QED) is 0.771. The van der Waals surface area contributed by atoms with Crippen LogP contribution in [0.4, 0.5) is 0 Å². The average Bonchev–Trinajstić information content (AvgIpc) is 2.30. The molecule has 0 bridgehead atoms. The zero-order valence-electron chi connectivity index (χ0n) is 9.06. The van der Waals surface area contributed by atoms with E-state index in [4.69, 9.17) is 4.74 Å². The molecule has 0 aromatic heterocycles. The second-order valence-corrected chi connectivity index (χ2v) is 3.86. The number of phenols is 1. The topological polar surface area (TPSA) is 49.8 Å². The van der Waals surface area contributed by atoms with Crippen LogP contribution in [0, 0.1) is 0 Å². The Morgan fingerprint density at radius 3 is 2.81 bits per heavy atom. The zero-order chi connectivity index (χ0) is 11.4. The summed E-state index contributed by atoms with van der Waals surface area (Å²) in [4.78, 5) is 13.9. The summed E-state index contributed by atoms with van der Waals surface area (Å²) in [6, 6.07) is 6.47. The maximum atomic E-state index is 11.9. The molecule has 1 aliphatic heterocycles. The van der Waals surface area contributed by atoms with E-state index in [1.54, 1.807) is 18.2 Å². The summed E-state index contributed by atoms with van der Waals surface area (Å²) in [5, 5.41) is 9.28. The van der Waals surface area contributed by atoms with E-state index in [1.165, 1.54) is 6.07 Å². The lowest BCUT2D eigenvalue weighted by molar-refractivity contribution is 0.0371. The van der Waals surface area contributed by atoms with Crippen molar-refractivity contribution in [2.45, 2.75) is 0 Å². The Balaban J connectivity index is 1.97. The van der Waals surface area contributed by atoms with Gasteiger partial charge in [0.1, 0.15) is 5.75 Å². The SMILES string of the molecule is O=C(CN1CCOCC1)c1cccc(O)c1. The fourth-order valence-corrected chi connectivity index (χ4v) is 1.73. The molecule has 0 atom stereocenters. The number of phenolic OH excluding ortho intramolecular Hbond substituents is 1. The van der Waals surface area contributed by atoms with Gasteiger partial charge in [0.2, 0.25) is 0 Å². The Kier molecular flexibility index (Phi) is 3.54. The molecule has 4 heteroatoms. The van der Waals surface area contributed by atoms with E-state index in [1.807, 2.05) is 0 Å². The average molecular weight is 221 g/mol. The number of ketones is 1. The molecule has 2 rings (SSSR count). The standard InChI is InChI=1S/C12H15NO3/c14-11-3-1-2-10(8-11)12(15)9-13-4-6-16-7-5-13/h1-3,8,14H,4-7,9H2. The molecule has 1 aromatic carbocycles. The van der Waals surface area contributed by atoms with Gasteiger partial charge in [-0.1, -0.05) is 12.1 Å².